The second kappa shape index (κ2) is 4.96. The van der Waals surface area contributed by atoms with Gasteiger partial charge >= 0.3 is 0 Å². The van der Waals surface area contributed by atoms with E-state index in [0.29, 0.717) is 12.0 Å². The van der Waals surface area contributed by atoms with E-state index in [0.717, 1.165) is 42.5 Å². The Balaban J connectivity index is 1.59. The molecule has 1 aromatic heterocycles. The van der Waals surface area contributed by atoms with Crippen molar-refractivity contribution in [3.8, 4) is 11.3 Å². The number of benzene rings is 1. The number of hydrogen-bond acceptors (Lipinski definition) is 4. The molecule has 1 aromatic carbocycles. The summed E-state index contributed by atoms with van der Waals surface area (Å²) in [7, 11) is 0. The quantitative estimate of drug-likeness (QED) is 0.867. The smallest absolute Gasteiger partial charge is 0.0929 e. The molecular formula is C16H18N4. The van der Waals surface area contributed by atoms with E-state index in [4.69, 9.17) is 0 Å². The molecule has 102 valence electrons. The monoisotopic (exact) mass is 266 g/mol. The first kappa shape index (κ1) is 12.0. The van der Waals surface area contributed by atoms with Crippen molar-refractivity contribution in [3.63, 3.8) is 0 Å². The van der Waals surface area contributed by atoms with Gasteiger partial charge in [0.1, 0.15) is 0 Å². The van der Waals surface area contributed by atoms with Gasteiger partial charge in [-0.3, -0.25) is 0 Å². The molecule has 2 N–H and O–H groups in total. The molecule has 3 heterocycles. The van der Waals surface area contributed by atoms with Crippen LogP contribution in [0.2, 0.25) is 0 Å². The normalized spacial score (nSPS) is 28.5. The molecule has 3 unspecified atom stereocenters. The van der Waals surface area contributed by atoms with E-state index in [9.17, 15) is 0 Å². The molecule has 0 saturated carbocycles. The zero-order valence-electron chi connectivity index (χ0n) is 11.3. The fourth-order valence-corrected chi connectivity index (χ4v) is 3.39. The SMILES string of the molecule is c1ccc(-c2ccc(C3NCC4CNCC43)nn2)cc1. The number of nitrogens with zero attached hydrogens (tertiary/aromatic N) is 2. The number of hydrogen-bond donors (Lipinski definition) is 2. The summed E-state index contributed by atoms with van der Waals surface area (Å²) in [5, 5.41) is 15.9. The minimum atomic E-state index is 0.354. The van der Waals surface area contributed by atoms with Crippen molar-refractivity contribution < 1.29 is 0 Å². The molecular weight excluding hydrogens is 248 g/mol. The Hall–Kier alpha value is -1.78. The minimum absolute atomic E-state index is 0.354. The summed E-state index contributed by atoms with van der Waals surface area (Å²) in [6.45, 7) is 3.30. The Morgan fingerprint density at radius 2 is 1.80 bits per heavy atom. The highest BCUT2D eigenvalue weighted by Gasteiger charge is 2.40. The van der Waals surface area contributed by atoms with Crippen molar-refractivity contribution >= 4 is 0 Å². The average Bonchev–Trinajstić information content (AvgIpc) is 3.11. The molecule has 4 rings (SSSR count). The highest BCUT2D eigenvalue weighted by molar-refractivity contribution is 5.58. The summed E-state index contributed by atoms with van der Waals surface area (Å²) in [6, 6.07) is 14.7. The highest BCUT2D eigenvalue weighted by atomic mass is 15.1. The van der Waals surface area contributed by atoms with Gasteiger partial charge in [-0.2, -0.15) is 10.2 Å². The molecule has 3 atom stereocenters. The van der Waals surface area contributed by atoms with Crippen LogP contribution in [-0.2, 0) is 0 Å². The van der Waals surface area contributed by atoms with Gasteiger partial charge in [-0.15, -0.1) is 0 Å². The zero-order valence-corrected chi connectivity index (χ0v) is 11.3. The van der Waals surface area contributed by atoms with Crippen molar-refractivity contribution in [2.45, 2.75) is 6.04 Å². The van der Waals surface area contributed by atoms with Crippen LogP contribution in [0.3, 0.4) is 0 Å². The number of rotatable bonds is 2. The molecule has 2 aliphatic rings. The average molecular weight is 266 g/mol. The van der Waals surface area contributed by atoms with Crippen LogP contribution < -0.4 is 10.6 Å². The number of fused-ring (bicyclic) bond motifs is 1. The Labute approximate surface area is 118 Å². The summed E-state index contributed by atoms with van der Waals surface area (Å²) in [4.78, 5) is 0. The predicted molar refractivity (Wildman–Crippen MR) is 78.1 cm³/mol. The van der Waals surface area contributed by atoms with Crippen molar-refractivity contribution in [2.75, 3.05) is 19.6 Å². The maximum absolute atomic E-state index is 4.46. The van der Waals surface area contributed by atoms with Gasteiger partial charge in [0.05, 0.1) is 17.4 Å². The van der Waals surface area contributed by atoms with E-state index in [1.807, 2.05) is 18.2 Å². The van der Waals surface area contributed by atoms with Gasteiger partial charge in [0, 0.05) is 18.7 Å². The molecule has 0 aliphatic carbocycles. The minimum Gasteiger partial charge on any atom is -0.316 e. The molecule has 0 amide bonds. The number of nitrogens with one attached hydrogen (secondary N) is 2. The third-order valence-corrected chi connectivity index (χ3v) is 4.49. The van der Waals surface area contributed by atoms with E-state index in [1.165, 1.54) is 0 Å². The fraction of sp³-hybridized carbons (Fsp3) is 0.375. The molecule has 20 heavy (non-hydrogen) atoms. The maximum atomic E-state index is 4.46. The molecule has 2 saturated heterocycles. The van der Waals surface area contributed by atoms with E-state index in [1.54, 1.807) is 0 Å². The van der Waals surface area contributed by atoms with Crippen LogP contribution in [0, 0.1) is 11.8 Å². The Kier molecular flexibility index (Phi) is 2.98. The Morgan fingerprint density at radius 3 is 2.60 bits per heavy atom. The third kappa shape index (κ3) is 2.01. The van der Waals surface area contributed by atoms with Crippen molar-refractivity contribution in [1.29, 1.82) is 0 Å². The molecule has 0 spiro atoms. The fourth-order valence-electron chi connectivity index (χ4n) is 3.39. The largest absolute Gasteiger partial charge is 0.316 e. The topological polar surface area (TPSA) is 49.8 Å². The molecule has 0 bridgehead atoms. The Morgan fingerprint density at radius 1 is 0.900 bits per heavy atom. The summed E-state index contributed by atoms with van der Waals surface area (Å²) >= 11 is 0. The predicted octanol–water partition coefficient (Wildman–Crippen LogP) is 1.62. The van der Waals surface area contributed by atoms with Crippen LogP contribution in [0.1, 0.15) is 11.7 Å². The van der Waals surface area contributed by atoms with Crippen LogP contribution in [0.25, 0.3) is 11.3 Å². The lowest BCUT2D eigenvalue weighted by molar-refractivity contribution is 0.440. The summed E-state index contributed by atoms with van der Waals surface area (Å²) in [6.07, 6.45) is 0. The van der Waals surface area contributed by atoms with Gasteiger partial charge in [-0.25, -0.2) is 0 Å². The van der Waals surface area contributed by atoms with Gasteiger partial charge in [0.15, 0.2) is 0 Å². The van der Waals surface area contributed by atoms with Gasteiger partial charge in [0.25, 0.3) is 0 Å². The van der Waals surface area contributed by atoms with Crippen LogP contribution >= 0.6 is 0 Å². The van der Waals surface area contributed by atoms with Crippen LogP contribution in [0.5, 0.6) is 0 Å². The van der Waals surface area contributed by atoms with Gasteiger partial charge in [-0.05, 0) is 30.5 Å². The summed E-state index contributed by atoms with van der Waals surface area (Å²) in [5.41, 5.74) is 3.13. The van der Waals surface area contributed by atoms with Gasteiger partial charge in [-0.1, -0.05) is 30.3 Å². The molecule has 2 aliphatic heterocycles. The van der Waals surface area contributed by atoms with Crippen molar-refractivity contribution in [3.05, 3.63) is 48.2 Å². The first-order valence-corrected chi connectivity index (χ1v) is 7.25. The van der Waals surface area contributed by atoms with Crippen LogP contribution in [0.15, 0.2) is 42.5 Å². The highest BCUT2D eigenvalue weighted by Crippen LogP contribution is 2.34. The lowest BCUT2D eigenvalue weighted by Gasteiger charge is -2.16. The molecule has 4 heteroatoms. The lowest BCUT2D eigenvalue weighted by Crippen LogP contribution is -2.24. The van der Waals surface area contributed by atoms with E-state index in [2.05, 4.69) is 45.1 Å². The summed E-state index contributed by atoms with van der Waals surface area (Å²) in [5.74, 6) is 1.41. The van der Waals surface area contributed by atoms with Gasteiger partial charge in [0.2, 0.25) is 0 Å². The second-order valence-electron chi connectivity index (χ2n) is 5.68. The second-order valence-corrected chi connectivity index (χ2v) is 5.68. The van der Waals surface area contributed by atoms with Crippen molar-refractivity contribution in [1.82, 2.24) is 20.8 Å². The molecule has 2 fully saturated rings. The molecule has 0 radical (unpaired) electrons. The third-order valence-electron chi connectivity index (χ3n) is 4.49. The summed E-state index contributed by atoms with van der Waals surface area (Å²) < 4.78 is 0. The standard InChI is InChI=1S/C16H18N4/c1-2-4-11(5-3-1)14-6-7-15(20-19-14)16-13-10-17-8-12(13)9-18-16/h1-7,12-13,16-18H,8-10H2. The first-order chi connectivity index (χ1) is 9.92. The lowest BCUT2D eigenvalue weighted by atomic mass is 9.92. The van der Waals surface area contributed by atoms with Gasteiger partial charge < -0.3 is 10.6 Å². The van der Waals surface area contributed by atoms with Crippen LogP contribution in [-0.4, -0.2) is 29.8 Å². The van der Waals surface area contributed by atoms with E-state index >= 15 is 0 Å². The molecule has 4 nitrogen and oxygen atoms in total. The maximum Gasteiger partial charge on any atom is 0.0929 e. The van der Waals surface area contributed by atoms with E-state index in [-0.39, 0.29) is 0 Å². The zero-order chi connectivity index (χ0) is 13.4. The first-order valence-electron chi connectivity index (χ1n) is 7.25. The molecule has 2 aromatic rings. The van der Waals surface area contributed by atoms with Crippen LogP contribution in [0.4, 0.5) is 0 Å². The number of aromatic nitrogens is 2. The Bertz CT molecular complexity index is 581. The van der Waals surface area contributed by atoms with Crippen molar-refractivity contribution in [2.24, 2.45) is 11.8 Å². The van der Waals surface area contributed by atoms with E-state index < -0.39 is 0 Å².